The molecule has 0 unspecified atom stereocenters. The van der Waals surface area contributed by atoms with Gasteiger partial charge in [0.15, 0.2) is 0 Å². The number of H-pyrrole nitrogens is 1. The fourth-order valence-electron chi connectivity index (χ4n) is 1.91. The Morgan fingerprint density at radius 3 is 2.95 bits per heavy atom. The quantitative estimate of drug-likeness (QED) is 0.743. The molecule has 0 saturated carbocycles. The predicted molar refractivity (Wildman–Crippen MR) is 74.4 cm³/mol. The molecule has 4 nitrogen and oxygen atoms in total. The van der Waals surface area contributed by atoms with Gasteiger partial charge in [-0.25, -0.2) is 4.98 Å². The van der Waals surface area contributed by atoms with Crippen molar-refractivity contribution in [1.82, 2.24) is 15.2 Å². The summed E-state index contributed by atoms with van der Waals surface area (Å²) < 4.78 is 5.71. The zero-order valence-electron chi connectivity index (χ0n) is 10.4. The van der Waals surface area contributed by atoms with Crippen molar-refractivity contribution in [2.45, 2.75) is 13.5 Å². The van der Waals surface area contributed by atoms with Gasteiger partial charge in [0.1, 0.15) is 17.5 Å². The van der Waals surface area contributed by atoms with Gasteiger partial charge in [-0.05, 0) is 42.6 Å². The SMILES string of the molecule is Cc1cc(COc2ccc3c(Cl)nccc3c2)n[nH]1. The largest absolute Gasteiger partial charge is 0.487 e. The Hall–Kier alpha value is -2.07. The maximum atomic E-state index is 6.02. The third-order valence-electron chi connectivity index (χ3n) is 2.83. The molecule has 3 rings (SSSR count). The van der Waals surface area contributed by atoms with Crippen molar-refractivity contribution in [3.05, 3.63) is 53.1 Å². The third kappa shape index (κ3) is 2.53. The smallest absolute Gasteiger partial charge is 0.136 e. The molecule has 0 spiro atoms. The monoisotopic (exact) mass is 273 g/mol. The summed E-state index contributed by atoms with van der Waals surface area (Å²) in [6.07, 6.45) is 1.69. The molecule has 0 saturated heterocycles. The van der Waals surface area contributed by atoms with E-state index in [9.17, 15) is 0 Å². The number of hydrogen-bond donors (Lipinski definition) is 1. The summed E-state index contributed by atoms with van der Waals surface area (Å²) >= 11 is 6.02. The predicted octanol–water partition coefficient (Wildman–Crippen LogP) is 3.50. The highest BCUT2D eigenvalue weighted by atomic mass is 35.5. The zero-order valence-corrected chi connectivity index (χ0v) is 11.1. The molecule has 3 aromatic rings. The lowest BCUT2D eigenvalue weighted by Crippen LogP contribution is -1.95. The Kier molecular flexibility index (Phi) is 3.09. The number of fused-ring (bicyclic) bond motifs is 1. The molecule has 1 aromatic carbocycles. The van der Waals surface area contributed by atoms with Crippen LogP contribution < -0.4 is 4.74 Å². The van der Waals surface area contributed by atoms with Gasteiger partial charge in [0.25, 0.3) is 0 Å². The molecule has 2 heterocycles. The zero-order chi connectivity index (χ0) is 13.2. The number of aromatic nitrogens is 3. The van der Waals surface area contributed by atoms with E-state index in [1.54, 1.807) is 6.20 Å². The first-order chi connectivity index (χ1) is 9.22. The Morgan fingerprint density at radius 1 is 1.26 bits per heavy atom. The maximum Gasteiger partial charge on any atom is 0.136 e. The highest BCUT2D eigenvalue weighted by Crippen LogP contribution is 2.25. The number of ether oxygens (including phenoxy) is 1. The van der Waals surface area contributed by atoms with E-state index in [0.29, 0.717) is 11.8 Å². The number of nitrogens with zero attached hydrogens (tertiary/aromatic N) is 2. The van der Waals surface area contributed by atoms with Crippen LogP contribution in [0.1, 0.15) is 11.4 Å². The van der Waals surface area contributed by atoms with Gasteiger partial charge in [0.05, 0.1) is 5.69 Å². The van der Waals surface area contributed by atoms with Crippen LogP contribution in [-0.4, -0.2) is 15.2 Å². The van der Waals surface area contributed by atoms with E-state index in [1.165, 1.54) is 0 Å². The Morgan fingerprint density at radius 2 is 2.16 bits per heavy atom. The Balaban J connectivity index is 1.82. The normalized spacial score (nSPS) is 10.8. The van der Waals surface area contributed by atoms with Crippen molar-refractivity contribution < 1.29 is 4.74 Å². The van der Waals surface area contributed by atoms with Crippen LogP contribution in [0.4, 0.5) is 0 Å². The van der Waals surface area contributed by atoms with Gasteiger partial charge in [-0.1, -0.05) is 11.6 Å². The van der Waals surface area contributed by atoms with E-state index in [-0.39, 0.29) is 0 Å². The summed E-state index contributed by atoms with van der Waals surface area (Å²) in [5.74, 6) is 0.787. The van der Waals surface area contributed by atoms with Gasteiger partial charge in [-0.2, -0.15) is 5.10 Å². The van der Waals surface area contributed by atoms with E-state index in [4.69, 9.17) is 16.3 Å². The molecule has 5 heteroatoms. The number of hydrogen-bond acceptors (Lipinski definition) is 3. The van der Waals surface area contributed by atoms with Crippen molar-refractivity contribution in [2.24, 2.45) is 0 Å². The van der Waals surface area contributed by atoms with Gasteiger partial charge in [0.2, 0.25) is 0 Å². The average Bonchev–Trinajstić information content (AvgIpc) is 2.82. The lowest BCUT2D eigenvalue weighted by Gasteiger charge is -2.06. The van der Waals surface area contributed by atoms with E-state index in [1.807, 2.05) is 37.3 Å². The second-order valence-corrected chi connectivity index (χ2v) is 4.67. The molecule has 2 aromatic heterocycles. The van der Waals surface area contributed by atoms with Crippen LogP contribution in [0.5, 0.6) is 5.75 Å². The van der Waals surface area contributed by atoms with Crippen molar-refractivity contribution >= 4 is 22.4 Å². The van der Waals surface area contributed by atoms with E-state index in [2.05, 4.69) is 15.2 Å². The third-order valence-corrected chi connectivity index (χ3v) is 3.13. The number of nitrogens with one attached hydrogen (secondary N) is 1. The number of aromatic amines is 1. The summed E-state index contributed by atoms with van der Waals surface area (Å²) in [7, 11) is 0. The fraction of sp³-hybridized carbons (Fsp3) is 0.143. The molecule has 0 bridgehead atoms. The highest BCUT2D eigenvalue weighted by molar-refractivity contribution is 6.34. The lowest BCUT2D eigenvalue weighted by molar-refractivity contribution is 0.301. The minimum atomic E-state index is 0.439. The molecule has 1 N–H and O–H groups in total. The van der Waals surface area contributed by atoms with Crippen molar-refractivity contribution in [2.75, 3.05) is 0 Å². The number of benzene rings is 1. The molecule has 0 atom stereocenters. The van der Waals surface area contributed by atoms with E-state index >= 15 is 0 Å². The lowest BCUT2D eigenvalue weighted by atomic mass is 10.2. The number of pyridine rings is 1. The molecule has 0 radical (unpaired) electrons. The van der Waals surface area contributed by atoms with Crippen molar-refractivity contribution in [3.8, 4) is 5.75 Å². The van der Waals surface area contributed by atoms with Crippen LogP contribution >= 0.6 is 11.6 Å². The molecule has 0 aliphatic heterocycles. The molecule has 0 aliphatic carbocycles. The van der Waals surface area contributed by atoms with Gasteiger partial charge in [0, 0.05) is 17.3 Å². The van der Waals surface area contributed by atoms with Gasteiger partial charge < -0.3 is 4.74 Å². The first kappa shape index (κ1) is 12.0. The first-order valence-electron chi connectivity index (χ1n) is 5.90. The van der Waals surface area contributed by atoms with Gasteiger partial charge in [-0.3, -0.25) is 5.10 Å². The number of aryl methyl sites for hydroxylation is 1. The average molecular weight is 274 g/mol. The summed E-state index contributed by atoms with van der Waals surface area (Å²) in [6, 6.07) is 9.61. The summed E-state index contributed by atoms with van der Waals surface area (Å²) in [4.78, 5) is 4.04. The Labute approximate surface area is 115 Å². The topological polar surface area (TPSA) is 50.8 Å². The molecule has 19 heavy (non-hydrogen) atoms. The summed E-state index contributed by atoms with van der Waals surface area (Å²) in [6.45, 7) is 2.40. The first-order valence-corrected chi connectivity index (χ1v) is 6.28. The van der Waals surface area contributed by atoms with Crippen molar-refractivity contribution in [3.63, 3.8) is 0 Å². The van der Waals surface area contributed by atoms with Crippen molar-refractivity contribution in [1.29, 1.82) is 0 Å². The van der Waals surface area contributed by atoms with Crippen LogP contribution in [0.2, 0.25) is 5.15 Å². The van der Waals surface area contributed by atoms with E-state index in [0.717, 1.165) is 27.9 Å². The number of halogens is 1. The second-order valence-electron chi connectivity index (χ2n) is 4.32. The number of rotatable bonds is 3. The molecular formula is C14H12ClN3O. The van der Waals surface area contributed by atoms with E-state index < -0.39 is 0 Å². The van der Waals surface area contributed by atoms with Crippen LogP contribution in [0, 0.1) is 6.92 Å². The molecular weight excluding hydrogens is 262 g/mol. The van der Waals surface area contributed by atoms with Crippen LogP contribution in [0.25, 0.3) is 10.8 Å². The molecule has 96 valence electrons. The second kappa shape index (κ2) is 4.90. The minimum absolute atomic E-state index is 0.439. The standard InChI is InChI=1S/C14H12ClN3O/c1-9-6-11(18-17-9)8-19-12-2-3-13-10(7-12)4-5-16-14(13)15/h2-7H,8H2,1H3,(H,17,18). The minimum Gasteiger partial charge on any atom is -0.487 e. The van der Waals surface area contributed by atoms with Crippen LogP contribution in [0.15, 0.2) is 36.5 Å². The Bertz CT molecular complexity index is 724. The highest BCUT2D eigenvalue weighted by Gasteiger charge is 2.03. The molecule has 0 aliphatic rings. The summed E-state index contributed by atoms with van der Waals surface area (Å²) in [5.41, 5.74) is 1.90. The maximum absolute atomic E-state index is 6.02. The molecule has 0 fully saturated rings. The van der Waals surface area contributed by atoms with Crippen LogP contribution in [0.3, 0.4) is 0 Å². The summed E-state index contributed by atoms with van der Waals surface area (Å²) in [5, 5.41) is 9.45. The van der Waals surface area contributed by atoms with Gasteiger partial charge in [-0.15, -0.1) is 0 Å². The molecule has 0 amide bonds. The van der Waals surface area contributed by atoms with Gasteiger partial charge >= 0.3 is 0 Å². The van der Waals surface area contributed by atoms with Crippen LogP contribution in [-0.2, 0) is 6.61 Å². The fourth-order valence-corrected chi connectivity index (χ4v) is 2.14.